The van der Waals surface area contributed by atoms with Crippen molar-refractivity contribution < 1.29 is 23.6 Å². The zero-order valence-electron chi connectivity index (χ0n) is 10.1. The maximum atomic E-state index is 13.5. The Balaban J connectivity index is 2.39. The first kappa shape index (κ1) is 14.9. The molecule has 0 saturated heterocycles. The Morgan fingerprint density at radius 1 is 1.33 bits per heavy atom. The van der Waals surface area contributed by atoms with E-state index in [-0.39, 0.29) is 9.92 Å². The summed E-state index contributed by atoms with van der Waals surface area (Å²) in [5, 5.41) is 19.7. The fourth-order valence-electron chi connectivity index (χ4n) is 1.47. The average Bonchev–Trinajstić information content (AvgIpc) is 2.41. The Labute approximate surface area is 120 Å². The zero-order valence-corrected chi connectivity index (χ0v) is 10.9. The van der Waals surface area contributed by atoms with Crippen LogP contribution in [0.1, 0.15) is 10.4 Å². The summed E-state index contributed by atoms with van der Waals surface area (Å²) >= 11 is 0.736. The van der Waals surface area contributed by atoms with Gasteiger partial charge in [-0.1, -0.05) is 11.8 Å². The van der Waals surface area contributed by atoms with Crippen LogP contribution in [0.25, 0.3) is 0 Å². The van der Waals surface area contributed by atoms with E-state index >= 15 is 0 Å². The van der Waals surface area contributed by atoms with Crippen LogP contribution in [-0.2, 0) is 0 Å². The molecule has 0 bridgehead atoms. The minimum absolute atomic E-state index is 0.0223. The van der Waals surface area contributed by atoms with Crippen molar-refractivity contribution in [3.05, 3.63) is 57.8 Å². The summed E-state index contributed by atoms with van der Waals surface area (Å²) in [5.41, 5.74) is -1.22. The predicted octanol–water partition coefficient (Wildman–Crippen LogP) is 3.12. The highest BCUT2D eigenvalue weighted by Gasteiger charge is 2.21. The average molecular weight is 312 g/mol. The van der Waals surface area contributed by atoms with E-state index in [2.05, 4.69) is 4.98 Å². The molecule has 6 nitrogen and oxygen atoms in total. The van der Waals surface area contributed by atoms with E-state index in [0.717, 1.165) is 30.1 Å². The lowest BCUT2D eigenvalue weighted by Crippen LogP contribution is -2.03. The number of nitro groups is 1. The summed E-state index contributed by atoms with van der Waals surface area (Å²) in [5.74, 6) is -3.08. The minimum atomic E-state index is -1.49. The fourth-order valence-corrected chi connectivity index (χ4v) is 2.27. The number of hydrogen-bond acceptors (Lipinski definition) is 5. The molecule has 2 rings (SSSR count). The van der Waals surface area contributed by atoms with Crippen LogP contribution < -0.4 is 0 Å². The highest BCUT2D eigenvalue weighted by molar-refractivity contribution is 7.99. The Kier molecular flexibility index (Phi) is 4.13. The number of carboxylic acids is 1. The van der Waals surface area contributed by atoms with Crippen LogP contribution in [0.4, 0.5) is 14.5 Å². The third-order valence-corrected chi connectivity index (χ3v) is 3.38. The van der Waals surface area contributed by atoms with E-state index in [1.807, 2.05) is 0 Å². The lowest BCUT2D eigenvalue weighted by molar-refractivity contribution is -0.385. The SMILES string of the molecule is O=C(O)c1cc(Sc2ccc(F)cc2F)ncc1[N+](=O)[O-]. The molecule has 1 aromatic carbocycles. The van der Waals surface area contributed by atoms with Crippen LogP contribution in [0.5, 0.6) is 0 Å². The molecule has 9 heteroatoms. The number of carboxylic acid groups (broad SMARTS) is 1. The lowest BCUT2D eigenvalue weighted by atomic mass is 10.2. The number of hydrogen-bond donors (Lipinski definition) is 1. The van der Waals surface area contributed by atoms with Gasteiger partial charge in [0.25, 0.3) is 0 Å². The smallest absolute Gasteiger partial charge is 0.342 e. The third kappa shape index (κ3) is 3.31. The van der Waals surface area contributed by atoms with Crippen molar-refractivity contribution in [3.63, 3.8) is 0 Å². The van der Waals surface area contributed by atoms with Gasteiger partial charge in [-0.15, -0.1) is 0 Å². The highest BCUT2D eigenvalue weighted by atomic mass is 32.2. The topological polar surface area (TPSA) is 93.3 Å². The van der Waals surface area contributed by atoms with Gasteiger partial charge in [0.1, 0.15) is 28.4 Å². The first-order chi connectivity index (χ1) is 9.88. The van der Waals surface area contributed by atoms with E-state index in [1.54, 1.807) is 0 Å². The van der Waals surface area contributed by atoms with Gasteiger partial charge in [-0.05, 0) is 18.2 Å². The molecule has 2 aromatic rings. The third-order valence-electron chi connectivity index (χ3n) is 2.39. The summed E-state index contributed by atoms with van der Waals surface area (Å²) in [7, 11) is 0. The molecule has 0 amide bonds. The highest BCUT2D eigenvalue weighted by Crippen LogP contribution is 2.31. The molecule has 108 valence electrons. The molecule has 1 heterocycles. The maximum Gasteiger partial charge on any atom is 0.342 e. The minimum Gasteiger partial charge on any atom is -0.477 e. The number of aromatic nitrogens is 1. The molecule has 0 fully saturated rings. The fraction of sp³-hybridized carbons (Fsp3) is 0. The number of aromatic carboxylic acids is 1. The molecule has 0 aliphatic carbocycles. The molecule has 0 unspecified atom stereocenters. The van der Waals surface area contributed by atoms with E-state index < -0.39 is 33.8 Å². The van der Waals surface area contributed by atoms with Gasteiger partial charge in [0, 0.05) is 11.0 Å². The van der Waals surface area contributed by atoms with Crippen LogP contribution in [-0.4, -0.2) is 21.0 Å². The van der Waals surface area contributed by atoms with Gasteiger partial charge >= 0.3 is 11.7 Å². The molecule has 1 N–H and O–H groups in total. The van der Waals surface area contributed by atoms with Gasteiger partial charge < -0.3 is 5.11 Å². The zero-order chi connectivity index (χ0) is 15.6. The summed E-state index contributed by atoms with van der Waals surface area (Å²) in [6.45, 7) is 0. The lowest BCUT2D eigenvalue weighted by Gasteiger charge is -2.04. The van der Waals surface area contributed by atoms with E-state index in [1.165, 1.54) is 6.07 Å². The number of nitrogens with zero attached hydrogens (tertiary/aromatic N) is 2. The number of pyridine rings is 1. The van der Waals surface area contributed by atoms with Crippen molar-refractivity contribution in [2.75, 3.05) is 0 Å². The van der Waals surface area contributed by atoms with Crippen LogP contribution >= 0.6 is 11.8 Å². The van der Waals surface area contributed by atoms with Crippen LogP contribution in [0.2, 0.25) is 0 Å². The normalized spacial score (nSPS) is 10.4. The van der Waals surface area contributed by atoms with Crippen LogP contribution in [0, 0.1) is 21.7 Å². The number of carbonyl (C=O) groups is 1. The monoisotopic (exact) mass is 312 g/mol. The van der Waals surface area contributed by atoms with E-state index in [9.17, 15) is 23.7 Å². The van der Waals surface area contributed by atoms with Crippen molar-refractivity contribution in [1.82, 2.24) is 4.98 Å². The molecule has 0 radical (unpaired) electrons. The number of rotatable bonds is 4. The molecule has 0 spiro atoms. The summed E-state index contributed by atoms with van der Waals surface area (Å²) in [4.78, 5) is 24.5. The summed E-state index contributed by atoms with van der Waals surface area (Å²) in [6.07, 6.45) is 0.785. The second kappa shape index (κ2) is 5.83. The molecular weight excluding hydrogens is 306 g/mol. The molecule has 0 aliphatic heterocycles. The van der Waals surface area contributed by atoms with Crippen LogP contribution in [0.3, 0.4) is 0 Å². The molecule has 21 heavy (non-hydrogen) atoms. The van der Waals surface area contributed by atoms with E-state index in [4.69, 9.17) is 5.11 Å². The van der Waals surface area contributed by atoms with Gasteiger partial charge in [-0.25, -0.2) is 18.6 Å². The first-order valence-electron chi connectivity index (χ1n) is 5.39. The number of benzene rings is 1. The summed E-state index contributed by atoms with van der Waals surface area (Å²) < 4.78 is 26.3. The molecule has 0 atom stereocenters. The largest absolute Gasteiger partial charge is 0.477 e. The van der Waals surface area contributed by atoms with Gasteiger partial charge in [0.15, 0.2) is 0 Å². The molecule has 0 aliphatic rings. The Morgan fingerprint density at radius 2 is 2.05 bits per heavy atom. The van der Waals surface area contributed by atoms with Gasteiger partial charge in [-0.2, -0.15) is 0 Å². The van der Waals surface area contributed by atoms with Crippen molar-refractivity contribution in [1.29, 1.82) is 0 Å². The second-order valence-corrected chi connectivity index (χ2v) is 4.84. The van der Waals surface area contributed by atoms with Gasteiger partial charge in [0.2, 0.25) is 0 Å². The van der Waals surface area contributed by atoms with Crippen LogP contribution in [0.15, 0.2) is 40.4 Å². The van der Waals surface area contributed by atoms with Crippen molar-refractivity contribution in [2.45, 2.75) is 9.92 Å². The van der Waals surface area contributed by atoms with E-state index in [0.29, 0.717) is 6.07 Å². The Bertz CT molecular complexity index is 739. The quantitative estimate of drug-likeness (QED) is 0.688. The van der Waals surface area contributed by atoms with Gasteiger partial charge in [0.05, 0.1) is 4.92 Å². The molecular formula is C12H6F2N2O4S. The standard InChI is InChI=1S/C12H6F2N2O4S/c13-6-1-2-10(8(14)3-6)21-11-4-7(12(17)18)9(5-15-11)16(19)20/h1-5H,(H,17,18). The Morgan fingerprint density at radius 3 is 2.62 bits per heavy atom. The van der Waals surface area contributed by atoms with Crippen molar-refractivity contribution >= 4 is 23.4 Å². The van der Waals surface area contributed by atoms with Crippen molar-refractivity contribution in [3.8, 4) is 0 Å². The molecule has 0 saturated carbocycles. The Hall–Kier alpha value is -2.55. The first-order valence-corrected chi connectivity index (χ1v) is 6.21. The predicted molar refractivity (Wildman–Crippen MR) is 68.3 cm³/mol. The maximum absolute atomic E-state index is 13.5. The van der Waals surface area contributed by atoms with Crippen molar-refractivity contribution in [2.24, 2.45) is 0 Å². The molecule has 1 aromatic heterocycles. The summed E-state index contributed by atoms with van der Waals surface area (Å²) in [6, 6.07) is 3.84. The number of halogens is 2. The second-order valence-electron chi connectivity index (χ2n) is 3.78. The van der Waals surface area contributed by atoms with Gasteiger partial charge in [-0.3, -0.25) is 10.1 Å².